The number of carbonyl (C=O) groups excluding carboxylic acids is 1. The zero-order valence-corrected chi connectivity index (χ0v) is 15.2. The van der Waals surface area contributed by atoms with E-state index in [-0.39, 0.29) is 10.5 Å². The van der Waals surface area contributed by atoms with Crippen LogP contribution in [0, 0.1) is 0 Å². The number of carboxylic acid groups (broad SMARTS) is 1. The summed E-state index contributed by atoms with van der Waals surface area (Å²) in [6.07, 6.45) is -1.29. The number of aliphatic carboxylic acids is 1. The van der Waals surface area contributed by atoms with E-state index in [1.54, 1.807) is 6.07 Å². The maximum atomic E-state index is 12.5. The molecule has 2 unspecified atom stereocenters. The largest absolute Gasteiger partial charge is 0.477 e. The fraction of sp³-hybridized carbons (Fsp3) is 0.333. The Morgan fingerprint density at radius 1 is 1.31 bits per heavy atom. The van der Waals surface area contributed by atoms with E-state index in [1.807, 2.05) is 0 Å². The van der Waals surface area contributed by atoms with Crippen molar-refractivity contribution >= 4 is 31.6 Å². The van der Waals surface area contributed by atoms with Gasteiger partial charge in [-0.1, -0.05) is 18.2 Å². The molecule has 2 heterocycles. The molecule has 1 N–H and O–H groups in total. The number of nitrogens with zero attached hydrogens (tertiary/aromatic N) is 1. The quantitative estimate of drug-likeness (QED) is 0.647. The Bertz CT molecular complexity index is 1010. The van der Waals surface area contributed by atoms with Gasteiger partial charge in [-0.15, -0.1) is 0 Å². The highest BCUT2D eigenvalue weighted by Crippen LogP contribution is 2.38. The molecule has 1 amide bonds. The standard InChI is InChI=1S/C15H15NO8S2/c1-24-12-13(17)16-11(15(18)19)9(8-26(22,23)14(12)16)7-25(20,21)10-5-3-2-4-6-10/h2-6,12,14H,7-8H2,1H3,(H,18,19). The highest BCUT2D eigenvalue weighted by atomic mass is 32.2. The minimum Gasteiger partial charge on any atom is -0.477 e. The third kappa shape index (κ3) is 2.81. The van der Waals surface area contributed by atoms with Crippen molar-refractivity contribution in [2.75, 3.05) is 18.6 Å². The lowest BCUT2D eigenvalue weighted by Gasteiger charge is -2.48. The van der Waals surface area contributed by atoms with Crippen LogP contribution in [0.15, 0.2) is 46.5 Å². The third-order valence-corrected chi connectivity index (χ3v) is 7.90. The molecule has 0 saturated carbocycles. The Kier molecular flexibility index (Phi) is 4.41. The lowest BCUT2D eigenvalue weighted by Crippen LogP contribution is -2.70. The van der Waals surface area contributed by atoms with Crippen molar-refractivity contribution in [3.63, 3.8) is 0 Å². The fourth-order valence-electron chi connectivity index (χ4n) is 3.11. The molecule has 0 spiro atoms. The SMILES string of the molecule is COC1C(=O)N2C(C(=O)O)=C(CS(=O)(=O)c3ccccc3)CS(=O)(=O)C12. The van der Waals surface area contributed by atoms with Gasteiger partial charge in [0.15, 0.2) is 31.2 Å². The molecule has 2 atom stereocenters. The molecule has 1 aromatic rings. The Morgan fingerprint density at radius 2 is 1.92 bits per heavy atom. The summed E-state index contributed by atoms with van der Waals surface area (Å²) in [7, 11) is -6.83. The van der Waals surface area contributed by atoms with Crippen LogP contribution in [-0.2, 0) is 34.0 Å². The molecule has 11 heteroatoms. The van der Waals surface area contributed by atoms with Gasteiger partial charge in [0.05, 0.1) is 16.4 Å². The average molecular weight is 401 g/mol. The molecule has 0 radical (unpaired) electrons. The highest BCUT2D eigenvalue weighted by molar-refractivity contribution is 7.93. The van der Waals surface area contributed by atoms with Crippen LogP contribution in [-0.4, -0.2) is 68.8 Å². The third-order valence-electron chi connectivity index (χ3n) is 4.24. The summed E-state index contributed by atoms with van der Waals surface area (Å²) in [5, 5.41) is 8.01. The summed E-state index contributed by atoms with van der Waals surface area (Å²) in [5.74, 6) is -3.97. The molecule has 0 aliphatic carbocycles. The van der Waals surface area contributed by atoms with Crippen LogP contribution in [0.2, 0.25) is 0 Å². The Balaban J connectivity index is 2.09. The summed E-state index contributed by atoms with van der Waals surface area (Å²) in [5.41, 5.74) is -0.955. The molecule has 0 bridgehead atoms. The van der Waals surface area contributed by atoms with Crippen LogP contribution in [0.3, 0.4) is 0 Å². The molecule has 1 saturated heterocycles. The average Bonchev–Trinajstić information content (AvgIpc) is 2.55. The number of ether oxygens (including phenoxy) is 1. The van der Waals surface area contributed by atoms with E-state index in [2.05, 4.69) is 0 Å². The van der Waals surface area contributed by atoms with Crippen molar-refractivity contribution in [2.24, 2.45) is 0 Å². The molecule has 2 aliphatic rings. The van der Waals surface area contributed by atoms with Gasteiger partial charge in [0.1, 0.15) is 5.70 Å². The van der Waals surface area contributed by atoms with Gasteiger partial charge < -0.3 is 9.84 Å². The molecule has 140 valence electrons. The summed E-state index contributed by atoms with van der Waals surface area (Å²) in [6, 6.07) is 7.25. The van der Waals surface area contributed by atoms with Gasteiger partial charge in [0.25, 0.3) is 5.91 Å². The first-order valence-corrected chi connectivity index (χ1v) is 10.8. The number of β-lactam (4-membered cyclic amide) rings is 1. The number of amides is 1. The minimum atomic E-state index is -3.99. The first-order chi connectivity index (χ1) is 12.1. The molecule has 3 rings (SSSR count). The zero-order valence-electron chi connectivity index (χ0n) is 13.5. The highest BCUT2D eigenvalue weighted by Gasteiger charge is 2.60. The number of carboxylic acids is 1. The summed E-state index contributed by atoms with van der Waals surface area (Å²) in [4.78, 5) is 24.3. The fourth-order valence-corrected chi connectivity index (χ4v) is 6.71. The Morgan fingerprint density at radius 3 is 2.46 bits per heavy atom. The molecule has 1 aromatic carbocycles. The monoisotopic (exact) mass is 401 g/mol. The van der Waals surface area contributed by atoms with Crippen LogP contribution in [0.25, 0.3) is 0 Å². The molecular weight excluding hydrogens is 386 g/mol. The summed E-state index contributed by atoms with van der Waals surface area (Å²) >= 11 is 0. The zero-order chi connectivity index (χ0) is 19.3. The predicted molar refractivity (Wildman–Crippen MR) is 88.4 cm³/mol. The van der Waals surface area contributed by atoms with Crippen LogP contribution in [0.4, 0.5) is 0 Å². The van der Waals surface area contributed by atoms with Gasteiger partial charge in [-0.25, -0.2) is 21.6 Å². The van der Waals surface area contributed by atoms with E-state index in [4.69, 9.17) is 4.74 Å². The second-order valence-corrected chi connectivity index (χ2v) is 9.98. The van der Waals surface area contributed by atoms with Gasteiger partial charge in [-0.2, -0.15) is 0 Å². The van der Waals surface area contributed by atoms with Gasteiger partial charge in [0.2, 0.25) is 0 Å². The number of sulfone groups is 2. The molecule has 0 aromatic heterocycles. The topological polar surface area (TPSA) is 135 Å². The maximum absolute atomic E-state index is 12.5. The van der Waals surface area contributed by atoms with E-state index < -0.39 is 60.2 Å². The van der Waals surface area contributed by atoms with Crippen molar-refractivity contribution in [1.82, 2.24) is 4.90 Å². The molecule has 9 nitrogen and oxygen atoms in total. The van der Waals surface area contributed by atoms with Crippen molar-refractivity contribution in [2.45, 2.75) is 16.4 Å². The second kappa shape index (κ2) is 6.18. The number of methoxy groups -OCH3 is 1. The van der Waals surface area contributed by atoms with E-state index in [1.165, 1.54) is 24.3 Å². The Hall–Kier alpha value is -2.24. The normalized spacial score (nSPS) is 24.8. The van der Waals surface area contributed by atoms with E-state index in [9.17, 15) is 31.5 Å². The van der Waals surface area contributed by atoms with Gasteiger partial charge in [-0.3, -0.25) is 9.69 Å². The molecule has 26 heavy (non-hydrogen) atoms. The van der Waals surface area contributed by atoms with Crippen LogP contribution in [0.5, 0.6) is 0 Å². The van der Waals surface area contributed by atoms with Crippen LogP contribution < -0.4 is 0 Å². The van der Waals surface area contributed by atoms with Crippen molar-refractivity contribution in [3.8, 4) is 0 Å². The van der Waals surface area contributed by atoms with Crippen molar-refractivity contribution in [3.05, 3.63) is 41.6 Å². The number of fused-ring (bicyclic) bond motifs is 1. The predicted octanol–water partition coefficient (Wildman–Crippen LogP) is -0.589. The smallest absolute Gasteiger partial charge is 0.352 e. The van der Waals surface area contributed by atoms with Gasteiger partial charge in [-0.05, 0) is 17.7 Å². The van der Waals surface area contributed by atoms with Crippen molar-refractivity contribution < 1.29 is 36.3 Å². The Labute approximate surface area is 149 Å². The minimum absolute atomic E-state index is 0.0681. The molecular formula is C15H15NO8S2. The van der Waals surface area contributed by atoms with Gasteiger partial charge in [0, 0.05) is 7.11 Å². The number of benzene rings is 1. The first-order valence-electron chi connectivity index (χ1n) is 7.40. The number of hydrogen-bond acceptors (Lipinski definition) is 7. The summed E-state index contributed by atoms with van der Waals surface area (Å²) in [6.45, 7) is 0. The summed E-state index contributed by atoms with van der Waals surface area (Å²) < 4.78 is 54.8. The number of rotatable bonds is 5. The van der Waals surface area contributed by atoms with E-state index >= 15 is 0 Å². The lowest BCUT2D eigenvalue weighted by atomic mass is 10.1. The molecule has 2 aliphatic heterocycles. The maximum Gasteiger partial charge on any atom is 0.352 e. The molecule has 1 fully saturated rings. The van der Waals surface area contributed by atoms with E-state index in [0.717, 1.165) is 7.11 Å². The van der Waals surface area contributed by atoms with Crippen molar-refractivity contribution in [1.29, 1.82) is 0 Å². The van der Waals surface area contributed by atoms with E-state index in [0.29, 0.717) is 4.90 Å². The van der Waals surface area contributed by atoms with Crippen LogP contribution >= 0.6 is 0 Å². The first kappa shape index (κ1) is 18.5. The number of carbonyl (C=O) groups is 2. The lowest BCUT2D eigenvalue weighted by molar-refractivity contribution is -0.162. The van der Waals surface area contributed by atoms with Crippen LogP contribution in [0.1, 0.15) is 0 Å². The second-order valence-electron chi connectivity index (χ2n) is 5.89. The number of hydrogen-bond donors (Lipinski definition) is 1. The van der Waals surface area contributed by atoms with Gasteiger partial charge >= 0.3 is 5.97 Å².